The van der Waals surface area contributed by atoms with Crippen LogP contribution in [0.15, 0.2) is 38.5 Å². The van der Waals surface area contributed by atoms with Crippen LogP contribution in [-0.4, -0.2) is 21.1 Å². The average Bonchev–Trinajstić information content (AvgIpc) is 2.43. The highest BCUT2D eigenvalue weighted by molar-refractivity contribution is 9.10. The van der Waals surface area contributed by atoms with Crippen molar-refractivity contribution in [3.63, 3.8) is 0 Å². The van der Waals surface area contributed by atoms with Crippen molar-refractivity contribution in [2.24, 2.45) is 0 Å². The molecular formula is C13H15BrN4O2. The molecule has 0 unspecified atom stereocenters. The predicted octanol–water partition coefficient (Wildman–Crippen LogP) is 1.56. The van der Waals surface area contributed by atoms with E-state index in [1.807, 2.05) is 18.2 Å². The Balaban J connectivity index is 2.24. The molecule has 0 fully saturated rings. The van der Waals surface area contributed by atoms with Crippen molar-refractivity contribution < 1.29 is 0 Å². The largest absolute Gasteiger partial charge is 0.370 e. The molecule has 2 rings (SSSR count). The van der Waals surface area contributed by atoms with E-state index in [1.54, 1.807) is 0 Å². The Kier molecular flexibility index (Phi) is 4.73. The van der Waals surface area contributed by atoms with Crippen LogP contribution in [0.2, 0.25) is 0 Å². The summed E-state index contributed by atoms with van der Waals surface area (Å²) in [5.74, 6) is 0.779. The van der Waals surface area contributed by atoms with Crippen molar-refractivity contribution in [3.05, 3.63) is 55.4 Å². The highest BCUT2D eigenvalue weighted by atomic mass is 79.9. The summed E-state index contributed by atoms with van der Waals surface area (Å²) in [4.78, 5) is 29.6. The molecule has 2 aromatic rings. The summed E-state index contributed by atoms with van der Waals surface area (Å²) in [5, 5.41) is 3.19. The van der Waals surface area contributed by atoms with E-state index in [-0.39, 0.29) is 0 Å². The van der Waals surface area contributed by atoms with E-state index in [0.29, 0.717) is 11.0 Å². The molecule has 0 aliphatic rings. The normalized spacial score (nSPS) is 10.5. The Morgan fingerprint density at radius 3 is 2.95 bits per heavy atom. The van der Waals surface area contributed by atoms with E-state index in [9.17, 15) is 9.59 Å². The van der Waals surface area contributed by atoms with Crippen LogP contribution in [0.5, 0.6) is 0 Å². The van der Waals surface area contributed by atoms with Crippen molar-refractivity contribution in [2.75, 3.05) is 11.9 Å². The van der Waals surface area contributed by atoms with Crippen LogP contribution in [-0.2, 0) is 6.54 Å². The molecule has 0 radical (unpaired) electrons. The van der Waals surface area contributed by atoms with Gasteiger partial charge in [0.25, 0.3) is 5.56 Å². The first-order valence-electron chi connectivity index (χ1n) is 6.29. The molecule has 6 nitrogen and oxygen atoms in total. The van der Waals surface area contributed by atoms with E-state index in [2.05, 4.69) is 38.1 Å². The Morgan fingerprint density at radius 2 is 2.20 bits per heavy atom. The molecule has 0 amide bonds. The Morgan fingerprint density at radius 1 is 1.40 bits per heavy atom. The zero-order chi connectivity index (χ0) is 14.5. The molecule has 2 heterocycles. The minimum absolute atomic E-state index is 0.301. The van der Waals surface area contributed by atoms with Gasteiger partial charge in [-0.05, 0) is 34.5 Å². The zero-order valence-electron chi connectivity index (χ0n) is 11.0. The molecule has 0 bridgehead atoms. The SMILES string of the molecule is CCCNc1cccc(Cn2cc(Br)c(=O)[nH]c2=O)n1. The number of halogens is 1. The summed E-state index contributed by atoms with van der Waals surface area (Å²) in [5.41, 5.74) is -0.142. The lowest BCUT2D eigenvalue weighted by Gasteiger charge is -2.08. The van der Waals surface area contributed by atoms with Crippen molar-refractivity contribution >= 4 is 21.7 Å². The van der Waals surface area contributed by atoms with E-state index in [0.717, 1.165) is 24.5 Å². The average molecular weight is 339 g/mol. The second kappa shape index (κ2) is 6.51. The van der Waals surface area contributed by atoms with Crippen LogP contribution in [0.4, 0.5) is 5.82 Å². The molecule has 7 heteroatoms. The number of H-pyrrole nitrogens is 1. The first-order valence-corrected chi connectivity index (χ1v) is 7.08. The number of anilines is 1. The number of nitrogens with one attached hydrogen (secondary N) is 2. The third-order valence-corrected chi connectivity index (χ3v) is 3.23. The lowest BCUT2D eigenvalue weighted by atomic mass is 10.3. The molecular weight excluding hydrogens is 324 g/mol. The van der Waals surface area contributed by atoms with Crippen molar-refractivity contribution in [1.82, 2.24) is 14.5 Å². The van der Waals surface area contributed by atoms with Gasteiger partial charge in [-0.2, -0.15) is 0 Å². The monoisotopic (exact) mass is 338 g/mol. The van der Waals surface area contributed by atoms with Crippen molar-refractivity contribution in [3.8, 4) is 0 Å². The van der Waals surface area contributed by atoms with Gasteiger partial charge in [0.1, 0.15) is 5.82 Å². The second-order valence-electron chi connectivity index (χ2n) is 4.31. The van der Waals surface area contributed by atoms with Crippen molar-refractivity contribution in [1.29, 1.82) is 0 Å². The van der Waals surface area contributed by atoms with Crippen LogP contribution in [0.3, 0.4) is 0 Å². The maximum absolute atomic E-state index is 11.7. The van der Waals surface area contributed by atoms with Crippen LogP contribution < -0.4 is 16.6 Å². The third kappa shape index (κ3) is 3.57. The first-order chi connectivity index (χ1) is 9.60. The molecule has 20 heavy (non-hydrogen) atoms. The maximum atomic E-state index is 11.7. The molecule has 0 atom stereocenters. The molecule has 0 spiro atoms. The third-order valence-electron chi connectivity index (χ3n) is 2.66. The second-order valence-corrected chi connectivity index (χ2v) is 5.16. The van der Waals surface area contributed by atoms with Crippen LogP contribution >= 0.6 is 15.9 Å². The fraction of sp³-hybridized carbons (Fsp3) is 0.308. The molecule has 0 aliphatic heterocycles. The van der Waals surface area contributed by atoms with Crippen molar-refractivity contribution in [2.45, 2.75) is 19.9 Å². The van der Waals surface area contributed by atoms with Gasteiger partial charge in [0, 0.05) is 12.7 Å². The Hall–Kier alpha value is -1.89. The van der Waals surface area contributed by atoms with Crippen LogP contribution in [0, 0.1) is 0 Å². The van der Waals surface area contributed by atoms with E-state index < -0.39 is 11.2 Å². The van der Waals surface area contributed by atoms with Gasteiger partial charge in [0.05, 0.1) is 16.7 Å². The summed E-state index contributed by atoms with van der Waals surface area (Å²) in [6.07, 6.45) is 2.48. The summed E-state index contributed by atoms with van der Waals surface area (Å²) < 4.78 is 1.72. The topological polar surface area (TPSA) is 79.8 Å². The molecule has 0 saturated carbocycles. The van der Waals surface area contributed by atoms with Gasteiger partial charge >= 0.3 is 5.69 Å². The summed E-state index contributed by atoms with van der Waals surface area (Å²) in [6.45, 7) is 3.23. The zero-order valence-corrected chi connectivity index (χ0v) is 12.6. The summed E-state index contributed by atoms with van der Waals surface area (Å²) in [6, 6.07) is 5.60. The fourth-order valence-electron chi connectivity index (χ4n) is 1.69. The minimum Gasteiger partial charge on any atom is -0.370 e. The summed E-state index contributed by atoms with van der Waals surface area (Å²) in [7, 11) is 0. The maximum Gasteiger partial charge on any atom is 0.328 e. The smallest absolute Gasteiger partial charge is 0.328 e. The minimum atomic E-state index is -0.452. The van der Waals surface area contributed by atoms with Gasteiger partial charge in [-0.15, -0.1) is 0 Å². The molecule has 0 saturated heterocycles. The van der Waals surface area contributed by atoms with Crippen LogP contribution in [0.1, 0.15) is 19.0 Å². The number of hydrogen-bond donors (Lipinski definition) is 2. The number of nitrogens with zero attached hydrogens (tertiary/aromatic N) is 2. The molecule has 0 aromatic carbocycles. The number of aromatic nitrogens is 3. The van der Waals surface area contributed by atoms with E-state index in [1.165, 1.54) is 10.8 Å². The van der Waals surface area contributed by atoms with Gasteiger partial charge in [-0.3, -0.25) is 14.3 Å². The molecule has 2 aromatic heterocycles. The van der Waals surface area contributed by atoms with E-state index in [4.69, 9.17) is 0 Å². The van der Waals surface area contributed by atoms with Gasteiger partial charge in [0.15, 0.2) is 0 Å². The fourth-order valence-corrected chi connectivity index (χ4v) is 2.04. The number of pyridine rings is 1. The quantitative estimate of drug-likeness (QED) is 0.867. The highest BCUT2D eigenvalue weighted by Gasteiger charge is 2.04. The van der Waals surface area contributed by atoms with Crippen LogP contribution in [0.25, 0.3) is 0 Å². The standard InChI is InChI=1S/C13H15BrN4O2/c1-2-6-15-11-5-3-4-9(16-11)7-18-8-10(14)12(19)17-13(18)20/h3-5,8H,2,6-7H2,1H3,(H,15,16)(H,17,19,20). The summed E-state index contributed by atoms with van der Waals surface area (Å²) >= 11 is 3.11. The molecule has 0 aliphatic carbocycles. The molecule has 2 N–H and O–H groups in total. The number of aromatic amines is 1. The lowest BCUT2D eigenvalue weighted by molar-refractivity contribution is 0.701. The van der Waals surface area contributed by atoms with Gasteiger partial charge < -0.3 is 5.32 Å². The van der Waals surface area contributed by atoms with E-state index >= 15 is 0 Å². The van der Waals surface area contributed by atoms with Gasteiger partial charge in [-0.25, -0.2) is 9.78 Å². The first kappa shape index (κ1) is 14.5. The Bertz CT molecular complexity index is 708. The number of hydrogen-bond acceptors (Lipinski definition) is 4. The molecule has 106 valence electrons. The number of rotatable bonds is 5. The van der Waals surface area contributed by atoms with Gasteiger partial charge in [-0.1, -0.05) is 13.0 Å². The lowest BCUT2D eigenvalue weighted by Crippen LogP contribution is -2.30. The predicted molar refractivity (Wildman–Crippen MR) is 81.1 cm³/mol. The Labute approximate surface area is 124 Å². The highest BCUT2D eigenvalue weighted by Crippen LogP contribution is 2.06. The van der Waals surface area contributed by atoms with Gasteiger partial charge in [0.2, 0.25) is 0 Å².